The van der Waals surface area contributed by atoms with Crippen LogP contribution in [0.1, 0.15) is 34.8 Å². The van der Waals surface area contributed by atoms with Crippen LogP contribution < -0.4 is 5.32 Å². The van der Waals surface area contributed by atoms with Gasteiger partial charge < -0.3 is 5.32 Å². The van der Waals surface area contributed by atoms with E-state index in [2.05, 4.69) is 46.5 Å². The minimum Gasteiger partial charge on any atom is -0.347 e. The summed E-state index contributed by atoms with van der Waals surface area (Å²) in [7, 11) is 0. The second-order valence-electron chi connectivity index (χ2n) is 6.42. The van der Waals surface area contributed by atoms with E-state index in [1.807, 2.05) is 30.3 Å². The van der Waals surface area contributed by atoms with E-state index in [9.17, 15) is 4.79 Å². The highest BCUT2D eigenvalue weighted by atomic mass is 16.1. The minimum absolute atomic E-state index is 0.0320. The monoisotopic (exact) mass is 345 g/mol. The normalized spacial score (nSPS) is 11.7. The van der Waals surface area contributed by atoms with Crippen LogP contribution in [0.5, 0.6) is 0 Å². The Hall–Kier alpha value is -3.01. The summed E-state index contributed by atoms with van der Waals surface area (Å²) in [5.41, 5.74) is 4.40. The van der Waals surface area contributed by atoms with Gasteiger partial charge >= 0.3 is 0 Å². The number of rotatable bonds is 7. The molecule has 0 radical (unpaired) electrons. The number of nitrogens with zero attached hydrogens (tertiary/aromatic N) is 2. The average Bonchev–Trinajstić information content (AvgIpc) is 2.69. The van der Waals surface area contributed by atoms with Crippen LogP contribution in [0.3, 0.4) is 0 Å². The quantitative estimate of drug-likeness (QED) is 0.708. The maximum absolute atomic E-state index is 12.5. The maximum atomic E-state index is 12.5. The van der Waals surface area contributed by atoms with Crippen LogP contribution in [0.2, 0.25) is 0 Å². The lowest BCUT2D eigenvalue weighted by molar-refractivity contribution is -0.121. The van der Waals surface area contributed by atoms with E-state index < -0.39 is 0 Å². The molecule has 0 saturated heterocycles. The number of hydrogen-bond acceptors (Lipinski definition) is 3. The van der Waals surface area contributed by atoms with Crippen LogP contribution in [0.25, 0.3) is 0 Å². The molecule has 1 aromatic carbocycles. The molecule has 0 aliphatic heterocycles. The number of nitrogens with one attached hydrogen (secondary N) is 1. The highest BCUT2D eigenvalue weighted by Crippen LogP contribution is 2.17. The molecule has 1 amide bonds. The number of hydrogen-bond donors (Lipinski definition) is 1. The van der Waals surface area contributed by atoms with Gasteiger partial charge in [0.15, 0.2) is 0 Å². The molecular weight excluding hydrogens is 322 g/mol. The van der Waals surface area contributed by atoms with E-state index in [-0.39, 0.29) is 11.9 Å². The van der Waals surface area contributed by atoms with Gasteiger partial charge in [0, 0.05) is 25.0 Å². The Morgan fingerprint density at radius 1 is 0.962 bits per heavy atom. The smallest absolute Gasteiger partial charge is 0.220 e. The van der Waals surface area contributed by atoms with E-state index in [4.69, 9.17) is 0 Å². The third kappa shape index (κ3) is 5.24. The first-order chi connectivity index (χ1) is 12.7. The third-order valence-electron chi connectivity index (χ3n) is 4.33. The second-order valence-corrected chi connectivity index (χ2v) is 6.42. The molecule has 0 bridgehead atoms. The van der Waals surface area contributed by atoms with E-state index in [0.29, 0.717) is 12.8 Å². The first kappa shape index (κ1) is 17.8. The van der Waals surface area contributed by atoms with Gasteiger partial charge in [-0.2, -0.15) is 0 Å². The number of amides is 1. The van der Waals surface area contributed by atoms with Crippen molar-refractivity contribution in [2.45, 2.75) is 32.2 Å². The summed E-state index contributed by atoms with van der Waals surface area (Å²) >= 11 is 0. The van der Waals surface area contributed by atoms with Crippen molar-refractivity contribution in [3.05, 3.63) is 95.6 Å². The van der Waals surface area contributed by atoms with Crippen molar-refractivity contribution in [3.63, 3.8) is 0 Å². The van der Waals surface area contributed by atoms with Gasteiger partial charge in [-0.3, -0.25) is 14.8 Å². The van der Waals surface area contributed by atoms with Crippen molar-refractivity contribution >= 4 is 5.91 Å². The van der Waals surface area contributed by atoms with E-state index >= 15 is 0 Å². The first-order valence-corrected chi connectivity index (χ1v) is 8.85. The van der Waals surface area contributed by atoms with E-state index in [0.717, 1.165) is 17.7 Å². The molecule has 0 aliphatic rings. The summed E-state index contributed by atoms with van der Waals surface area (Å²) in [6.45, 7) is 2.07. The number of pyridine rings is 2. The molecule has 3 rings (SSSR count). The van der Waals surface area contributed by atoms with Crippen LogP contribution in [-0.4, -0.2) is 15.9 Å². The van der Waals surface area contributed by atoms with Gasteiger partial charge in [-0.15, -0.1) is 0 Å². The summed E-state index contributed by atoms with van der Waals surface area (Å²) in [5, 5.41) is 3.15. The Morgan fingerprint density at radius 3 is 2.42 bits per heavy atom. The number of carbonyl (C=O) groups is 1. The fourth-order valence-corrected chi connectivity index (χ4v) is 2.85. The standard InChI is InChI=1S/C22H23N3O/c1-17-5-7-19(8-6-17)16-21(20-4-2-3-13-24-20)25-22(26)10-9-18-11-14-23-15-12-18/h2-8,11-15,21H,9-10,16H2,1H3,(H,25,26). The molecular formula is C22H23N3O. The van der Waals surface area contributed by atoms with Gasteiger partial charge in [-0.1, -0.05) is 35.9 Å². The predicted octanol–water partition coefficient (Wildman–Crippen LogP) is 3.82. The molecule has 26 heavy (non-hydrogen) atoms. The predicted molar refractivity (Wildman–Crippen MR) is 103 cm³/mol. The van der Waals surface area contributed by atoms with Crippen LogP contribution in [0.15, 0.2) is 73.2 Å². The van der Waals surface area contributed by atoms with Crippen molar-refractivity contribution in [1.82, 2.24) is 15.3 Å². The molecule has 4 heteroatoms. The highest BCUT2D eigenvalue weighted by Gasteiger charge is 2.16. The summed E-state index contributed by atoms with van der Waals surface area (Å²) in [4.78, 5) is 20.9. The summed E-state index contributed by atoms with van der Waals surface area (Å²) in [6, 6.07) is 17.9. The molecule has 4 nitrogen and oxygen atoms in total. The van der Waals surface area contributed by atoms with Crippen LogP contribution in [-0.2, 0) is 17.6 Å². The van der Waals surface area contributed by atoms with Gasteiger partial charge in [0.25, 0.3) is 0 Å². The number of carbonyl (C=O) groups excluding carboxylic acids is 1. The van der Waals surface area contributed by atoms with Crippen LogP contribution >= 0.6 is 0 Å². The maximum Gasteiger partial charge on any atom is 0.220 e. The number of aromatic nitrogens is 2. The zero-order valence-electron chi connectivity index (χ0n) is 14.9. The van der Waals surface area contributed by atoms with Crippen molar-refractivity contribution in [2.75, 3.05) is 0 Å². The second kappa shape index (κ2) is 8.90. The molecule has 0 saturated carbocycles. The lowest BCUT2D eigenvalue weighted by Gasteiger charge is -2.19. The Bertz CT molecular complexity index is 817. The molecule has 0 aliphatic carbocycles. The zero-order valence-corrected chi connectivity index (χ0v) is 14.9. The third-order valence-corrected chi connectivity index (χ3v) is 4.33. The zero-order chi connectivity index (χ0) is 18.2. The van der Waals surface area contributed by atoms with Gasteiger partial charge in [0.1, 0.15) is 0 Å². The largest absolute Gasteiger partial charge is 0.347 e. The van der Waals surface area contributed by atoms with Crippen molar-refractivity contribution in [2.24, 2.45) is 0 Å². The molecule has 132 valence electrons. The average molecular weight is 345 g/mol. The first-order valence-electron chi connectivity index (χ1n) is 8.85. The van der Waals surface area contributed by atoms with Gasteiger partial charge in [-0.05, 0) is 55.2 Å². The Morgan fingerprint density at radius 2 is 1.73 bits per heavy atom. The van der Waals surface area contributed by atoms with Crippen LogP contribution in [0, 0.1) is 6.92 Å². The van der Waals surface area contributed by atoms with Crippen molar-refractivity contribution in [1.29, 1.82) is 0 Å². The summed E-state index contributed by atoms with van der Waals surface area (Å²) in [6.07, 6.45) is 7.14. The van der Waals surface area contributed by atoms with Gasteiger partial charge in [0.05, 0.1) is 11.7 Å². The van der Waals surface area contributed by atoms with E-state index in [1.54, 1.807) is 18.6 Å². The molecule has 3 aromatic rings. The minimum atomic E-state index is -0.135. The fourth-order valence-electron chi connectivity index (χ4n) is 2.85. The SMILES string of the molecule is Cc1ccc(CC(NC(=O)CCc2ccncc2)c2ccccn2)cc1. The Kier molecular flexibility index (Phi) is 6.09. The molecule has 0 spiro atoms. The molecule has 1 unspecified atom stereocenters. The Balaban J connectivity index is 1.67. The molecule has 1 atom stereocenters. The van der Waals surface area contributed by atoms with Crippen molar-refractivity contribution < 1.29 is 4.79 Å². The number of benzene rings is 1. The number of aryl methyl sites for hydroxylation is 2. The molecule has 0 fully saturated rings. The topological polar surface area (TPSA) is 54.9 Å². The lowest BCUT2D eigenvalue weighted by Crippen LogP contribution is -2.30. The van der Waals surface area contributed by atoms with Crippen LogP contribution in [0.4, 0.5) is 0 Å². The van der Waals surface area contributed by atoms with Gasteiger partial charge in [0.2, 0.25) is 5.91 Å². The summed E-state index contributed by atoms with van der Waals surface area (Å²) in [5.74, 6) is 0.0320. The fraction of sp³-hybridized carbons (Fsp3) is 0.227. The van der Waals surface area contributed by atoms with Crippen molar-refractivity contribution in [3.8, 4) is 0 Å². The molecule has 2 heterocycles. The molecule has 1 N–H and O–H groups in total. The lowest BCUT2D eigenvalue weighted by atomic mass is 10.0. The summed E-state index contributed by atoms with van der Waals surface area (Å²) < 4.78 is 0. The van der Waals surface area contributed by atoms with Gasteiger partial charge in [-0.25, -0.2) is 0 Å². The molecule has 2 aromatic heterocycles. The highest BCUT2D eigenvalue weighted by molar-refractivity contribution is 5.76. The van der Waals surface area contributed by atoms with E-state index in [1.165, 1.54) is 11.1 Å². The Labute approximate surface area is 154 Å².